The smallest absolute Gasteiger partial charge is 0.221 e. The van der Waals surface area contributed by atoms with Crippen molar-refractivity contribution in [2.75, 3.05) is 39.8 Å². The van der Waals surface area contributed by atoms with Crippen LogP contribution in [0, 0.1) is 0 Å². The summed E-state index contributed by atoms with van der Waals surface area (Å²) in [5.74, 6) is 0.863. The molecule has 3 aromatic carbocycles. The highest BCUT2D eigenvalue weighted by Gasteiger charge is 2.27. The molecular formula is C33H35N7O3. The number of methoxy groups -OCH3 is 2. The van der Waals surface area contributed by atoms with Gasteiger partial charge >= 0.3 is 0 Å². The van der Waals surface area contributed by atoms with Crippen molar-refractivity contribution in [2.45, 2.75) is 19.0 Å². The van der Waals surface area contributed by atoms with Gasteiger partial charge in [-0.2, -0.15) is 10.1 Å². The van der Waals surface area contributed by atoms with Crippen LogP contribution < -0.4 is 20.9 Å². The van der Waals surface area contributed by atoms with E-state index in [9.17, 15) is 4.79 Å². The van der Waals surface area contributed by atoms with Crippen molar-refractivity contribution < 1.29 is 14.3 Å². The number of nitrogen functional groups attached to an aromatic ring is 2. The number of hydrazone groups is 1. The Bertz CT molecular complexity index is 1700. The average molecular weight is 578 g/mol. The Hall–Kier alpha value is -5.22. The van der Waals surface area contributed by atoms with Crippen molar-refractivity contribution in [3.8, 4) is 11.5 Å². The number of allylic oxidation sites excluding steroid dienone is 1. The molecule has 10 heteroatoms. The Balaban J connectivity index is 1.52. The monoisotopic (exact) mass is 577 g/mol. The summed E-state index contributed by atoms with van der Waals surface area (Å²) in [6.45, 7) is 0.766. The van der Waals surface area contributed by atoms with Gasteiger partial charge in [0.05, 0.1) is 26.0 Å². The van der Waals surface area contributed by atoms with Crippen molar-refractivity contribution in [2.24, 2.45) is 5.10 Å². The number of rotatable bonds is 10. The first kappa shape index (κ1) is 29.3. The Kier molecular flexibility index (Phi) is 8.68. The summed E-state index contributed by atoms with van der Waals surface area (Å²) in [7, 11) is 7.13. The third-order valence-electron chi connectivity index (χ3n) is 7.22. The standard InChI is InChI=1S/C33H35N7O3/c1-39(2)20-23-10-6-8-12-26(23)30-25-11-7-5-9-22(25)19-37-40(30)14-13-28(41)27-16-21(17-29(42-3)31(27)43-4)15-24-18-36-33(35)38-32(24)34/h5-14,16-19,30H,15,20H2,1-4H3,(H4,34,35,36,38)/b14-13+. The highest BCUT2D eigenvalue weighted by molar-refractivity contribution is 6.07. The predicted molar refractivity (Wildman–Crippen MR) is 168 cm³/mol. The first-order chi connectivity index (χ1) is 20.8. The fraction of sp³-hybridized carbons (Fsp3) is 0.212. The molecule has 0 saturated carbocycles. The quantitative estimate of drug-likeness (QED) is 0.207. The lowest BCUT2D eigenvalue weighted by Crippen LogP contribution is -2.26. The van der Waals surface area contributed by atoms with Gasteiger partial charge in [-0.3, -0.25) is 9.80 Å². The molecule has 0 spiro atoms. The third-order valence-corrected chi connectivity index (χ3v) is 7.22. The second-order valence-electron chi connectivity index (χ2n) is 10.5. The van der Waals surface area contributed by atoms with Crippen LogP contribution in [0.1, 0.15) is 49.8 Å². The molecule has 0 fully saturated rings. The second kappa shape index (κ2) is 12.7. The number of aromatic nitrogens is 2. The lowest BCUT2D eigenvalue weighted by atomic mass is 9.90. The van der Waals surface area contributed by atoms with E-state index in [1.807, 2.05) is 55.7 Å². The minimum Gasteiger partial charge on any atom is -0.493 e. The summed E-state index contributed by atoms with van der Waals surface area (Å²) >= 11 is 0. The number of nitrogens with zero attached hydrogens (tertiary/aromatic N) is 5. The van der Waals surface area contributed by atoms with Gasteiger partial charge < -0.3 is 25.8 Å². The minimum absolute atomic E-state index is 0.0974. The maximum absolute atomic E-state index is 13.8. The second-order valence-corrected chi connectivity index (χ2v) is 10.5. The Morgan fingerprint density at radius 1 is 1.00 bits per heavy atom. The zero-order valence-electron chi connectivity index (χ0n) is 24.7. The molecule has 0 radical (unpaired) electrons. The molecule has 1 aromatic heterocycles. The Morgan fingerprint density at radius 2 is 1.74 bits per heavy atom. The van der Waals surface area contributed by atoms with E-state index in [0.29, 0.717) is 29.0 Å². The van der Waals surface area contributed by atoms with Gasteiger partial charge in [0.1, 0.15) is 11.9 Å². The highest BCUT2D eigenvalue weighted by atomic mass is 16.5. The third kappa shape index (κ3) is 6.34. The summed E-state index contributed by atoms with van der Waals surface area (Å²) in [6, 6.07) is 19.8. The van der Waals surface area contributed by atoms with E-state index in [2.05, 4.69) is 33.1 Å². The van der Waals surface area contributed by atoms with Crippen molar-refractivity contribution in [3.63, 3.8) is 0 Å². The Labute approximate surface area is 251 Å². The molecule has 4 aromatic rings. The first-order valence-electron chi connectivity index (χ1n) is 13.8. The fourth-order valence-corrected chi connectivity index (χ4v) is 5.27. The van der Waals surface area contributed by atoms with E-state index >= 15 is 0 Å². The number of hydrogen-bond acceptors (Lipinski definition) is 10. The summed E-state index contributed by atoms with van der Waals surface area (Å²) < 4.78 is 11.2. The zero-order chi connectivity index (χ0) is 30.5. The van der Waals surface area contributed by atoms with Crippen LogP contribution in [0.25, 0.3) is 0 Å². The van der Waals surface area contributed by atoms with Crippen molar-refractivity contribution in [3.05, 3.63) is 118 Å². The van der Waals surface area contributed by atoms with Crippen LogP contribution in [0.4, 0.5) is 11.8 Å². The normalized spacial score (nSPS) is 14.3. The van der Waals surface area contributed by atoms with Crippen molar-refractivity contribution >= 4 is 23.8 Å². The minimum atomic E-state index is -0.270. The maximum atomic E-state index is 13.8. The number of benzene rings is 3. The van der Waals surface area contributed by atoms with Crippen LogP contribution in [-0.2, 0) is 13.0 Å². The number of carbonyl (C=O) groups excluding carboxylic acids is 1. The largest absolute Gasteiger partial charge is 0.493 e. The molecule has 4 N–H and O–H groups in total. The van der Waals surface area contributed by atoms with E-state index in [-0.39, 0.29) is 23.6 Å². The van der Waals surface area contributed by atoms with Crippen LogP contribution >= 0.6 is 0 Å². The molecule has 0 saturated heterocycles. The molecule has 1 unspecified atom stereocenters. The average Bonchev–Trinajstić information content (AvgIpc) is 3.00. The predicted octanol–water partition coefficient (Wildman–Crippen LogP) is 4.45. The van der Waals surface area contributed by atoms with Gasteiger partial charge in [-0.05, 0) is 48.5 Å². The van der Waals surface area contributed by atoms with Gasteiger partial charge in [0.25, 0.3) is 0 Å². The van der Waals surface area contributed by atoms with E-state index in [0.717, 1.165) is 28.8 Å². The summed E-state index contributed by atoms with van der Waals surface area (Å²) in [6.07, 6.45) is 6.99. The molecule has 1 aliphatic heterocycles. The lowest BCUT2D eigenvalue weighted by Gasteiger charge is -2.33. The van der Waals surface area contributed by atoms with Gasteiger partial charge in [-0.15, -0.1) is 0 Å². The van der Waals surface area contributed by atoms with Crippen LogP contribution in [0.5, 0.6) is 11.5 Å². The number of fused-ring (bicyclic) bond motifs is 1. The molecule has 1 aliphatic rings. The van der Waals surface area contributed by atoms with Gasteiger partial charge in [0, 0.05) is 42.6 Å². The van der Waals surface area contributed by atoms with Crippen LogP contribution in [-0.4, -0.2) is 60.2 Å². The molecule has 10 nitrogen and oxygen atoms in total. The number of nitrogens with two attached hydrogens (primary N) is 2. The summed E-state index contributed by atoms with van der Waals surface area (Å²) in [5, 5.41) is 6.57. The zero-order valence-corrected chi connectivity index (χ0v) is 24.7. The molecule has 0 bridgehead atoms. The maximum Gasteiger partial charge on any atom is 0.221 e. The first-order valence-corrected chi connectivity index (χ1v) is 13.8. The molecule has 220 valence electrons. The van der Waals surface area contributed by atoms with E-state index in [1.165, 1.54) is 25.9 Å². The molecule has 0 amide bonds. The van der Waals surface area contributed by atoms with E-state index < -0.39 is 0 Å². The molecule has 1 atom stereocenters. The van der Waals surface area contributed by atoms with Crippen LogP contribution in [0.15, 0.2) is 84.2 Å². The number of anilines is 2. The summed E-state index contributed by atoms with van der Waals surface area (Å²) in [5.41, 5.74) is 17.9. The SMILES string of the molecule is COc1cc(Cc2cnc(N)nc2N)cc(C(=O)/C=C/N2N=Cc3ccccc3C2c2ccccc2CN(C)C)c1OC. The topological polar surface area (TPSA) is 132 Å². The van der Waals surface area contributed by atoms with Crippen molar-refractivity contribution in [1.82, 2.24) is 19.9 Å². The highest BCUT2D eigenvalue weighted by Crippen LogP contribution is 2.37. The van der Waals surface area contributed by atoms with E-state index in [4.69, 9.17) is 26.0 Å². The van der Waals surface area contributed by atoms with Crippen LogP contribution in [0.3, 0.4) is 0 Å². The Morgan fingerprint density at radius 3 is 2.47 bits per heavy atom. The number of hydrogen-bond donors (Lipinski definition) is 2. The van der Waals surface area contributed by atoms with Gasteiger partial charge in [-0.1, -0.05) is 48.5 Å². The number of ketones is 1. The number of carbonyl (C=O) groups is 1. The van der Waals surface area contributed by atoms with Crippen molar-refractivity contribution in [1.29, 1.82) is 0 Å². The van der Waals surface area contributed by atoms with Gasteiger partial charge in [-0.25, -0.2) is 4.98 Å². The lowest BCUT2D eigenvalue weighted by molar-refractivity contribution is 0.104. The molecular weight excluding hydrogens is 542 g/mol. The van der Waals surface area contributed by atoms with Gasteiger partial charge in [0.2, 0.25) is 5.95 Å². The van der Waals surface area contributed by atoms with E-state index in [1.54, 1.807) is 24.5 Å². The number of ether oxygens (including phenoxy) is 2. The molecule has 5 rings (SSSR count). The van der Waals surface area contributed by atoms with Gasteiger partial charge in [0.15, 0.2) is 17.3 Å². The molecule has 43 heavy (non-hydrogen) atoms. The van der Waals surface area contributed by atoms with Crippen LogP contribution in [0.2, 0.25) is 0 Å². The fourth-order valence-electron chi connectivity index (χ4n) is 5.27. The molecule has 2 heterocycles. The summed E-state index contributed by atoms with van der Waals surface area (Å²) in [4.78, 5) is 24.0. The molecule has 0 aliphatic carbocycles.